The molecule has 0 bridgehead atoms. The van der Waals surface area contributed by atoms with Gasteiger partial charge in [-0.05, 0) is 27.2 Å². The van der Waals surface area contributed by atoms with Crippen molar-refractivity contribution in [3.05, 3.63) is 33.3 Å². The molecule has 0 spiro atoms. The maximum atomic E-state index is 5.15. The van der Waals surface area contributed by atoms with Crippen molar-refractivity contribution in [2.24, 2.45) is 0 Å². The minimum Gasteiger partial charge on any atom is -0.384 e. The zero-order valence-corrected chi connectivity index (χ0v) is 15.2. The first-order valence-electron chi connectivity index (χ1n) is 8.30. The highest BCUT2D eigenvalue weighted by Gasteiger charge is 2.23. The Balaban J connectivity index is 1.63. The van der Waals surface area contributed by atoms with Crippen LogP contribution in [0.2, 0.25) is 0 Å². The molecule has 0 aliphatic carbocycles. The maximum absolute atomic E-state index is 5.15. The lowest BCUT2D eigenvalue weighted by Crippen LogP contribution is -2.38. The van der Waals surface area contributed by atoms with Gasteiger partial charge in [-0.15, -0.1) is 11.3 Å². The van der Waals surface area contributed by atoms with Gasteiger partial charge >= 0.3 is 0 Å². The average Bonchev–Trinajstić information content (AvgIpc) is 3.06. The van der Waals surface area contributed by atoms with Gasteiger partial charge in [0.2, 0.25) is 0 Å². The lowest BCUT2D eigenvalue weighted by molar-refractivity contribution is 0.202. The van der Waals surface area contributed by atoms with Gasteiger partial charge in [0.15, 0.2) is 0 Å². The van der Waals surface area contributed by atoms with Crippen LogP contribution in [0.15, 0.2) is 6.20 Å². The van der Waals surface area contributed by atoms with Crippen molar-refractivity contribution in [2.45, 2.75) is 58.7 Å². The van der Waals surface area contributed by atoms with Gasteiger partial charge in [0, 0.05) is 49.7 Å². The van der Waals surface area contributed by atoms with Gasteiger partial charge in [-0.2, -0.15) is 0 Å². The maximum Gasteiger partial charge on any atom is 0.109 e. The second-order valence-corrected chi connectivity index (χ2v) is 7.49. The molecule has 0 aromatic carbocycles. The Morgan fingerprint density at radius 3 is 3.04 bits per heavy atom. The highest BCUT2D eigenvalue weighted by atomic mass is 32.1. The molecule has 0 fully saturated rings. The van der Waals surface area contributed by atoms with Crippen molar-refractivity contribution in [1.29, 1.82) is 0 Å². The number of nitrogens with one attached hydrogen (secondary N) is 1. The van der Waals surface area contributed by atoms with E-state index in [2.05, 4.69) is 46.8 Å². The Morgan fingerprint density at radius 1 is 1.43 bits per heavy atom. The summed E-state index contributed by atoms with van der Waals surface area (Å²) in [6, 6.07) is 0.829. The van der Waals surface area contributed by atoms with Crippen molar-refractivity contribution in [1.82, 2.24) is 19.9 Å². The molecule has 1 aliphatic heterocycles. The number of aromatic nitrogens is 3. The monoisotopic (exact) mass is 334 g/mol. The second-order valence-electron chi connectivity index (χ2n) is 6.37. The molecule has 0 unspecified atom stereocenters. The molecule has 0 saturated heterocycles. The fourth-order valence-corrected chi connectivity index (χ4v) is 4.38. The summed E-state index contributed by atoms with van der Waals surface area (Å²) in [6.45, 7) is 8.17. The number of methoxy groups -OCH3 is 1. The third-order valence-corrected chi connectivity index (χ3v) is 5.79. The Morgan fingerprint density at radius 2 is 2.26 bits per heavy atom. The number of imidazole rings is 1. The predicted molar refractivity (Wildman–Crippen MR) is 93.1 cm³/mol. The van der Waals surface area contributed by atoms with Gasteiger partial charge in [-0.3, -0.25) is 0 Å². The molecule has 3 heterocycles. The summed E-state index contributed by atoms with van der Waals surface area (Å²) in [6.07, 6.45) is 5.26. The number of ether oxygens (including phenoxy) is 1. The summed E-state index contributed by atoms with van der Waals surface area (Å²) < 4.78 is 7.45. The normalized spacial score (nSPS) is 18.9. The highest BCUT2D eigenvalue weighted by Crippen LogP contribution is 2.27. The largest absolute Gasteiger partial charge is 0.384 e. The summed E-state index contributed by atoms with van der Waals surface area (Å²) in [5, 5.41) is 4.96. The lowest BCUT2D eigenvalue weighted by Gasteiger charge is -2.27. The van der Waals surface area contributed by atoms with Gasteiger partial charge in [0.25, 0.3) is 0 Å². The third kappa shape index (κ3) is 3.82. The average molecular weight is 334 g/mol. The second kappa shape index (κ2) is 7.11. The predicted octanol–water partition coefficient (Wildman–Crippen LogP) is 2.81. The minimum atomic E-state index is 0.333. The van der Waals surface area contributed by atoms with E-state index in [1.165, 1.54) is 15.7 Å². The lowest BCUT2D eigenvalue weighted by atomic mass is 10.1. The fourth-order valence-electron chi connectivity index (χ4n) is 3.32. The van der Waals surface area contributed by atoms with Gasteiger partial charge < -0.3 is 14.6 Å². The van der Waals surface area contributed by atoms with Crippen molar-refractivity contribution >= 4 is 11.3 Å². The molecule has 3 rings (SSSR count). The number of fused-ring (bicyclic) bond motifs is 1. The van der Waals surface area contributed by atoms with Crippen LogP contribution >= 0.6 is 11.3 Å². The Hall–Kier alpha value is -1.24. The van der Waals surface area contributed by atoms with E-state index in [0.717, 1.165) is 43.8 Å². The number of hydrogen-bond donors (Lipinski definition) is 1. The molecule has 0 saturated carbocycles. The number of thiazole rings is 1. The molecule has 0 amide bonds. The summed E-state index contributed by atoms with van der Waals surface area (Å²) in [5.41, 5.74) is 2.27. The topological polar surface area (TPSA) is 52.0 Å². The smallest absolute Gasteiger partial charge is 0.109 e. The number of rotatable bonds is 6. The molecule has 2 atom stereocenters. The van der Waals surface area contributed by atoms with E-state index in [1.807, 2.05) is 11.3 Å². The molecule has 6 heteroatoms. The zero-order chi connectivity index (χ0) is 16.4. The SMILES string of the molecule is COCCc1nc(C)c([C@@H](C)N[C@@H]2CCc3nc(C)cn3C2)s1. The quantitative estimate of drug-likeness (QED) is 0.882. The first kappa shape index (κ1) is 16.6. The molecular formula is C17H26N4OS. The van der Waals surface area contributed by atoms with Crippen LogP contribution in [-0.2, 0) is 24.1 Å². The van der Waals surface area contributed by atoms with E-state index in [4.69, 9.17) is 4.74 Å². The van der Waals surface area contributed by atoms with Gasteiger partial charge in [0.05, 0.1) is 23.0 Å². The molecule has 1 aliphatic rings. The zero-order valence-electron chi connectivity index (χ0n) is 14.4. The van der Waals surface area contributed by atoms with E-state index in [0.29, 0.717) is 12.1 Å². The first-order valence-corrected chi connectivity index (χ1v) is 9.12. The fraction of sp³-hybridized carbons (Fsp3) is 0.647. The minimum absolute atomic E-state index is 0.333. The number of aryl methyl sites for hydroxylation is 3. The van der Waals surface area contributed by atoms with Crippen LogP contribution in [0.25, 0.3) is 0 Å². The van der Waals surface area contributed by atoms with Crippen LogP contribution in [0, 0.1) is 13.8 Å². The molecule has 2 aromatic heterocycles. The van der Waals surface area contributed by atoms with Crippen LogP contribution in [0.1, 0.15) is 46.5 Å². The Bertz CT molecular complexity index is 664. The number of nitrogens with zero attached hydrogens (tertiary/aromatic N) is 3. The van der Waals surface area contributed by atoms with Crippen LogP contribution < -0.4 is 5.32 Å². The van der Waals surface area contributed by atoms with Crippen molar-refractivity contribution in [3.8, 4) is 0 Å². The van der Waals surface area contributed by atoms with Crippen LogP contribution in [0.5, 0.6) is 0 Å². The van der Waals surface area contributed by atoms with Crippen molar-refractivity contribution in [3.63, 3.8) is 0 Å². The third-order valence-electron chi connectivity index (χ3n) is 4.39. The summed E-state index contributed by atoms with van der Waals surface area (Å²) in [7, 11) is 1.74. The molecule has 5 nitrogen and oxygen atoms in total. The van der Waals surface area contributed by atoms with E-state index in [9.17, 15) is 0 Å². The van der Waals surface area contributed by atoms with Gasteiger partial charge in [-0.1, -0.05) is 0 Å². The van der Waals surface area contributed by atoms with E-state index in [-0.39, 0.29) is 0 Å². The summed E-state index contributed by atoms with van der Waals surface area (Å²) >= 11 is 1.81. The van der Waals surface area contributed by atoms with E-state index in [1.54, 1.807) is 7.11 Å². The molecule has 2 aromatic rings. The standard InChI is InChI=1S/C17H26N4OS/c1-11-9-21-10-14(5-6-15(21)18-11)19-12(2)17-13(3)20-16(23-17)7-8-22-4/h9,12,14,19H,5-8,10H2,1-4H3/t12-,14-/m1/s1. The van der Waals surface area contributed by atoms with Crippen LogP contribution in [-0.4, -0.2) is 34.3 Å². The molecular weight excluding hydrogens is 308 g/mol. The van der Waals surface area contributed by atoms with Crippen LogP contribution in [0.3, 0.4) is 0 Å². The highest BCUT2D eigenvalue weighted by molar-refractivity contribution is 7.11. The number of hydrogen-bond acceptors (Lipinski definition) is 5. The van der Waals surface area contributed by atoms with Crippen molar-refractivity contribution in [2.75, 3.05) is 13.7 Å². The van der Waals surface area contributed by atoms with E-state index < -0.39 is 0 Å². The Labute approximate surface area is 142 Å². The first-order chi connectivity index (χ1) is 11.1. The molecule has 1 N–H and O–H groups in total. The molecule has 126 valence electrons. The van der Waals surface area contributed by atoms with E-state index >= 15 is 0 Å². The molecule has 0 radical (unpaired) electrons. The van der Waals surface area contributed by atoms with Gasteiger partial charge in [-0.25, -0.2) is 9.97 Å². The van der Waals surface area contributed by atoms with Crippen LogP contribution in [0.4, 0.5) is 0 Å². The van der Waals surface area contributed by atoms with Crippen molar-refractivity contribution < 1.29 is 4.74 Å². The molecule has 23 heavy (non-hydrogen) atoms. The van der Waals surface area contributed by atoms with Gasteiger partial charge in [0.1, 0.15) is 5.82 Å². The Kier molecular flexibility index (Phi) is 5.14. The summed E-state index contributed by atoms with van der Waals surface area (Å²) in [4.78, 5) is 10.6. The summed E-state index contributed by atoms with van der Waals surface area (Å²) in [5.74, 6) is 1.23.